The Morgan fingerprint density at radius 1 is 0.975 bits per heavy atom. The third-order valence-electron chi connectivity index (χ3n) is 5.82. The number of rotatable bonds is 10. The maximum atomic E-state index is 13.4. The van der Waals surface area contributed by atoms with E-state index in [0.717, 1.165) is 16.9 Å². The molecule has 1 aliphatic rings. The Kier molecular flexibility index (Phi) is 8.63. The van der Waals surface area contributed by atoms with Gasteiger partial charge in [0.1, 0.15) is 18.1 Å². The number of hydrogen-bond donors (Lipinski definition) is 1. The van der Waals surface area contributed by atoms with Crippen molar-refractivity contribution in [2.75, 3.05) is 6.61 Å². The van der Waals surface area contributed by atoms with Crippen LogP contribution in [0.25, 0.3) is 6.08 Å². The molecule has 40 heavy (non-hydrogen) atoms. The summed E-state index contributed by atoms with van der Waals surface area (Å²) in [6.07, 6.45) is 4.92. The van der Waals surface area contributed by atoms with Crippen LogP contribution in [0.3, 0.4) is 0 Å². The van der Waals surface area contributed by atoms with Crippen molar-refractivity contribution in [2.45, 2.75) is 20.1 Å². The second kappa shape index (κ2) is 12.9. The third kappa shape index (κ3) is 6.81. The third-order valence-corrected chi connectivity index (χ3v) is 6.82. The van der Waals surface area contributed by atoms with E-state index in [1.54, 1.807) is 48.9 Å². The fourth-order valence-electron chi connectivity index (χ4n) is 3.89. The second-order valence-corrected chi connectivity index (χ2v) is 9.72. The van der Waals surface area contributed by atoms with Crippen LogP contribution in [0.2, 0.25) is 0 Å². The summed E-state index contributed by atoms with van der Waals surface area (Å²) < 4.78 is 16.9. The molecule has 9 heteroatoms. The summed E-state index contributed by atoms with van der Waals surface area (Å²) in [5, 5.41) is 19.1. The minimum Gasteiger partial charge on any atom is -0.504 e. The molecule has 0 radical (unpaired) electrons. The van der Waals surface area contributed by atoms with E-state index in [-0.39, 0.29) is 18.2 Å². The number of furan rings is 1. The van der Waals surface area contributed by atoms with Crippen molar-refractivity contribution in [1.82, 2.24) is 4.90 Å². The normalized spacial score (nSPS) is 15.4. The molecule has 4 aromatic rings. The Labute approximate surface area is 236 Å². The number of thioether (sulfide) groups is 1. The van der Waals surface area contributed by atoms with Crippen molar-refractivity contribution in [3.63, 3.8) is 0 Å². The van der Waals surface area contributed by atoms with E-state index in [1.807, 2.05) is 61.5 Å². The lowest BCUT2D eigenvalue weighted by Crippen LogP contribution is -2.28. The van der Waals surface area contributed by atoms with Crippen molar-refractivity contribution < 1.29 is 23.8 Å². The van der Waals surface area contributed by atoms with Gasteiger partial charge in [0.25, 0.3) is 5.91 Å². The Morgan fingerprint density at radius 2 is 1.85 bits per heavy atom. The lowest BCUT2D eigenvalue weighted by atomic mass is 10.2. The predicted molar refractivity (Wildman–Crippen MR) is 156 cm³/mol. The molecule has 0 spiro atoms. The maximum absolute atomic E-state index is 13.4. The van der Waals surface area contributed by atoms with Crippen LogP contribution in [0.1, 0.15) is 29.4 Å². The minimum atomic E-state index is -0.224. The van der Waals surface area contributed by atoms with Crippen LogP contribution < -0.4 is 9.47 Å². The zero-order valence-corrected chi connectivity index (χ0v) is 22.6. The molecule has 1 aromatic heterocycles. The minimum absolute atomic E-state index is 0.0416. The molecular weight excluding hydrogens is 526 g/mol. The van der Waals surface area contributed by atoms with Gasteiger partial charge < -0.3 is 19.0 Å². The van der Waals surface area contributed by atoms with Crippen LogP contribution in [0.5, 0.6) is 17.2 Å². The number of amidine groups is 1. The van der Waals surface area contributed by atoms with E-state index in [4.69, 9.17) is 13.9 Å². The van der Waals surface area contributed by atoms with Gasteiger partial charge in [0, 0.05) is 0 Å². The first-order chi connectivity index (χ1) is 19.6. The predicted octanol–water partition coefficient (Wildman–Crippen LogP) is 6.47. The topological polar surface area (TPSA) is 96.9 Å². The van der Waals surface area contributed by atoms with Gasteiger partial charge in [-0.2, -0.15) is 5.10 Å². The average Bonchev–Trinajstić information content (AvgIpc) is 3.59. The second-order valence-electron chi connectivity index (χ2n) is 8.72. The highest BCUT2D eigenvalue weighted by Gasteiger charge is 2.34. The van der Waals surface area contributed by atoms with E-state index in [0.29, 0.717) is 40.4 Å². The number of benzene rings is 3. The molecule has 1 N–H and O–H groups in total. The fourth-order valence-corrected chi connectivity index (χ4v) is 4.83. The highest BCUT2D eigenvalue weighted by molar-refractivity contribution is 8.18. The molecule has 1 saturated heterocycles. The molecule has 0 saturated carbocycles. The number of carbonyl (C=O) groups excluding carboxylic acids is 1. The molecule has 0 atom stereocenters. The number of aromatic hydroxyl groups is 1. The van der Waals surface area contributed by atoms with E-state index < -0.39 is 0 Å². The molecule has 1 fully saturated rings. The Hall–Kier alpha value is -4.76. The quantitative estimate of drug-likeness (QED) is 0.137. The van der Waals surface area contributed by atoms with Gasteiger partial charge in [-0.3, -0.25) is 9.69 Å². The Bertz CT molecular complexity index is 1550. The molecular formula is C31H27N3O5S. The molecule has 1 amide bonds. The Balaban J connectivity index is 1.35. The molecule has 1 aliphatic heterocycles. The van der Waals surface area contributed by atoms with Crippen LogP contribution in [0.4, 0.5) is 0 Å². The summed E-state index contributed by atoms with van der Waals surface area (Å²) in [6, 6.07) is 26.0. The molecule has 202 valence electrons. The number of phenols is 1. The maximum Gasteiger partial charge on any atom is 0.267 e. The summed E-state index contributed by atoms with van der Waals surface area (Å²) >= 11 is 1.22. The van der Waals surface area contributed by atoms with Gasteiger partial charge in [0.15, 0.2) is 16.7 Å². The summed E-state index contributed by atoms with van der Waals surface area (Å²) in [6.45, 7) is 2.93. The number of carbonyl (C=O) groups is 1. The van der Waals surface area contributed by atoms with Crippen LogP contribution in [-0.4, -0.2) is 33.9 Å². The number of phenolic OH excluding ortho intramolecular Hbond substituents is 1. The number of ether oxygens (including phenoxy) is 2. The van der Waals surface area contributed by atoms with Gasteiger partial charge in [0.05, 0.1) is 30.5 Å². The van der Waals surface area contributed by atoms with Crippen molar-refractivity contribution >= 4 is 35.1 Å². The van der Waals surface area contributed by atoms with E-state index in [2.05, 4.69) is 10.2 Å². The summed E-state index contributed by atoms with van der Waals surface area (Å²) in [5.41, 5.74) is 2.61. The standard InChI is InChI=1S/C31H27N3O5S/c1-2-37-28-17-23(13-14-27(28)35)18-29-30(36)34(20-26-12-7-15-38-26)31(40-29)33-32-19-24-10-6-11-25(16-24)39-21-22-8-4-3-5-9-22/h3-19,35H,2,20-21H2,1H3/b29-18-,32-19-,33-31+. The van der Waals surface area contributed by atoms with Crippen LogP contribution in [0, 0.1) is 0 Å². The molecule has 5 rings (SSSR count). The first-order valence-corrected chi connectivity index (χ1v) is 13.5. The van der Waals surface area contributed by atoms with E-state index in [9.17, 15) is 9.90 Å². The van der Waals surface area contributed by atoms with Crippen molar-refractivity contribution in [3.05, 3.63) is 119 Å². The van der Waals surface area contributed by atoms with Gasteiger partial charge in [0.2, 0.25) is 0 Å². The van der Waals surface area contributed by atoms with Crippen molar-refractivity contribution in [2.24, 2.45) is 10.2 Å². The number of hydrogen-bond acceptors (Lipinski definition) is 8. The zero-order valence-electron chi connectivity index (χ0n) is 21.8. The largest absolute Gasteiger partial charge is 0.504 e. The molecule has 0 unspecified atom stereocenters. The summed E-state index contributed by atoms with van der Waals surface area (Å²) in [5.74, 6) is 1.51. The first-order valence-electron chi connectivity index (χ1n) is 12.7. The van der Waals surface area contributed by atoms with Gasteiger partial charge >= 0.3 is 0 Å². The Morgan fingerprint density at radius 3 is 2.65 bits per heavy atom. The average molecular weight is 554 g/mol. The molecule has 0 aliphatic carbocycles. The van der Waals surface area contributed by atoms with Gasteiger partial charge in [-0.25, -0.2) is 0 Å². The van der Waals surface area contributed by atoms with E-state index >= 15 is 0 Å². The number of nitrogens with zero attached hydrogens (tertiary/aromatic N) is 3. The van der Waals surface area contributed by atoms with E-state index in [1.165, 1.54) is 16.7 Å². The van der Waals surface area contributed by atoms with Gasteiger partial charge in [-0.05, 0) is 77.9 Å². The highest BCUT2D eigenvalue weighted by Crippen LogP contribution is 2.35. The van der Waals surface area contributed by atoms with Crippen LogP contribution >= 0.6 is 11.8 Å². The highest BCUT2D eigenvalue weighted by atomic mass is 32.2. The molecule has 0 bridgehead atoms. The smallest absolute Gasteiger partial charge is 0.267 e. The number of amides is 1. The fraction of sp³-hybridized carbons (Fsp3) is 0.129. The molecule has 3 aromatic carbocycles. The first kappa shape index (κ1) is 26.8. The van der Waals surface area contributed by atoms with Crippen LogP contribution in [-0.2, 0) is 17.9 Å². The monoisotopic (exact) mass is 553 g/mol. The summed E-state index contributed by atoms with van der Waals surface area (Å²) in [4.78, 5) is 15.3. The van der Waals surface area contributed by atoms with Crippen molar-refractivity contribution in [1.29, 1.82) is 0 Å². The summed E-state index contributed by atoms with van der Waals surface area (Å²) in [7, 11) is 0. The lowest BCUT2D eigenvalue weighted by Gasteiger charge is -2.12. The van der Waals surface area contributed by atoms with Gasteiger partial charge in [-0.15, -0.1) is 5.10 Å². The van der Waals surface area contributed by atoms with Crippen LogP contribution in [0.15, 0.2) is 111 Å². The van der Waals surface area contributed by atoms with Crippen molar-refractivity contribution in [3.8, 4) is 17.2 Å². The SMILES string of the molecule is CCOc1cc(/C=C2\S/C(=N/N=C\c3cccc(OCc4ccccc4)c3)N(Cc3ccco3)C2=O)ccc1O. The lowest BCUT2D eigenvalue weighted by molar-refractivity contribution is -0.122. The van der Waals surface area contributed by atoms with Gasteiger partial charge in [-0.1, -0.05) is 48.5 Å². The zero-order chi connectivity index (χ0) is 27.7. The molecule has 8 nitrogen and oxygen atoms in total. The molecule has 2 heterocycles.